The quantitative estimate of drug-likeness (QED) is 0.812. The largest absolute Gasteiger partial charge is 0.340 e. The molecule has 1 heterocycles. The summed E-state index contributed by atoms with van der Waals surface area (Å²) < 4.78 is 26.7. The Hall–Kier alpha value is -1.91. The Morgan fingerprint density at radius 1 is 1.21 bits per heavy atom. The van der Waals surface area contributed by atoms with Gasteiger partial charge in [0.25, 0.3) is 0 Å². The highest BCUT2D eigenvalue weighted by Gasteiger charge is 2.31. The van der Waals surface area contributed by atoms with Crippen molar-refractivity contribution in [1.82, 2.24) is 9.21 Å². The van der Waals surface area contributed by atoms with Gasteiger partial charge in [-0.1, -0.05) is 20.3 Å². The van der Waals surface area contributed by atoms with E-state index in [0.717, 1.165) is 12.8 Å². The van der Waals surface area contributed by atoms with E-state index in [1.54, 1.807) is 4.90 Å². The average Bonchev–Trinajstić information content (AvgIpc) is 2.61. The SMILES string of the molecule is CCCC(C)C(=O)N1CCN(S(=O)(=O)c2ccc(C#N)cc2)CC1. The van der Waals surface area contributed by atoms with Crippen LogP contribution in [-0.4, -0.2) is 49.7 Å². The predicted molar refractivity (Wildman–Crippen MR) is 90.6 cm³/mol. The molecule has 7 heteroatoms. The maximum atomic E-state index is 12.6. The van der Waals surface area contributed by atoms with Crippen LogP contribution in [0.15, 0.2) is 29.2 Å². The van der Waals surface area contributed by atoms with Gasteiger partial charge in [0, 0.05) is 32.1 Å². The smallest absolute Gasteiger partial charge is 0.243 e. The molecule has 1 fully saturated rings. The highest BCUT2D eigenvalue weighted by Crippen LogP contribution is 2.19. The molecular formula is C17H23N3O3S. The van der Waals surface area contributed by atoms with Crippen LogP contribution >= 0.6 is 0 Å². The standard InChI is InChI=1S/C17H23N3O3S/c1-3-4-14(2)17(21)19-9-11-20(12-10-19)24(22,23)16-7-5-15(13-18)6-8-16/h5-8,14H,3-4,9-12H2,1-2H3. The Labute approximate surface area is 143 Å². The summed E-state index contributed by atoms with van der Waals surface area (Å²) in [4.78, 5) is 14.2. The van der Waals surface area contributed by atoms with Crippen molar-refractivity contribution in [2.24, 2.45) is 5.92 Å². The lowest BCUT2D eigenvalue weighted by Gasteiger charge is -2.35. The lowest BCUT2D eigenvalue weighted by molar-refractivity contribution is -0.136. The van der Waals surface area contributed by atoms with E-state index < -0.39 is 10.0 Å². The maximum Gasteiger partial charge on any atom is 0.243 e. The molecule has 0 saturated carbocycles. The van der Waals surface area contributed by atoms with Crippen LogP contribution in [0, 0.1) is 17.2 Å². The van der Waals surface area contributed by atoms with E-state index in [1.807, 2.05) is 19.9 Å². The number of carbonyl (C=O) groups excluding carboxylic acids is 1. The van der Waals surface area contributed by atoms with E-state index in [4.69, 9.17) is 5.26 Å². The summed E-state index contributed by atoms with van der Waals surface area (Å²) in [5.74, 6) is 0.0870. The van der Waals surface area contributed by atoms with Gasteiger partial charge in [-0.3, -0.25) is 4.79 Å². The molecule has 1 aromatic carbocycles. The number of benzene rings is 1. The van der Waals surface area contributed by atoms with Crippen molar-refractivity contribution in [3.63, 3.8) is 0 Å². The first-order valence-corrected chi connectivity index (χ1v) is 9.63. The van der Waals surface area contributed by atoms with Crippen molar-refractivity contribution < 1.29 is 13.2 Å². The Kier molecular flexibility index (Phi) is 5.97. The van der Waals surface area contributed by atoms with Crippen LogP contribution in [0.25, 0.3) is 0 Å². The summed E-state index contributed by atoms with van der Waals surface area (Å²) in [6.45, 7) is 5.40. The molecule has 130 valence electrons. The minimum Gasteiger partial charge on any atom is -0.340 e. The maximum absolute atomic E-state index is 12.6. The minimum absolute atomic E-state index is 0.0170. The summed E-state index contributed by atoms with van der Waals surface area (Å²) in [6, 6.07) is 7.88. The number of piperazine rings is 1. The molecule has 24 heavy (non-hydrogen) atoms. The molecule has 0 radical (unpaired) electrons. The van der Waals surface area contributed by atoms with Gasteiger partial charge in [0.2, 0.25) is 15.9 Å². The van der Waals surface area contributed by atoms with Gasteiger partial charge in [-0.2, -0.15) is 9.57 Å². The lowest BCUT2D eigenvalue weighted by atomic mass is 10.0. The average molecular weight is 349 g/mol. The first-order valence-electron chi connectivity index (χ1n) is 8.19. The third kappa shape index (κ3) is 3.94. The van der Waals surface area contributed by atoms with Crippen molar-refractivity contribution in [3.8, 4) is 6.07 Å². The molecule has 0 spiro atoms. The lowest BCUT2D eigenvalue weighted by Crippen LogP contribution is -2.51. The molecule has 1 aliphatic rings. The molecule has 0 N–H and O–H groups in total. The number of hydrogen-bond acceptors (Lipinski definition) is 4. The van der Waals surface area contributed by atoms with E-state index in [9.17, 15) is 13.2 Å². The monoisotopic (exact) mass is 349 g/mol. The van der Waals surface area contributed by atoms with Gasteiger partial charge in [-0.05, 0) is 30.7 Å². The van der Waals surface area contributed by atoms with Gasteiger partial charge in [0.1, 0.15) is 0 Å². The first kappa shape index (κ1) is 18.4. The molecule has 2 rings (SSSR count). The predicted octanol–water partition coefficient (Wildman–Crippen LogP) is 1.83. The zero-order valence-electron chi connectivity index (χ0n) is 14.1. The molecule has 1 aliphatic heterocycles. The molecule has 1 atom stereocenters. The third-order valence-corrected chi connectivity index (χ3v) is 6.23. The number of sulfonamides is 1. The number of hydrogen-bond donors (Lipinski definition) is 0. The molecule has 1 saturated heterocycles. The topological polar surface area (TPSA) is 81.5 Å². The summed E-state index contributed by atoms with van der Waals surface area (Å²) in [5.41, 5.74) is 0.425. The fourth-order valence-corrected chi connectivity index (χ4v) is 4.29. The fraction of sp³-hybridized carbons (Fsp3) is 0.529. The molecule has 1 unspecified atom stereocenters. The number of nitrogens with zero attached hydrogens (tertiary/aromatic N) is 3. The van der Waals surface area contributed by atoms with Crippen LogP contribution in [-0.2, 0) is 14.8 Å². The van der Waals surface area contributed by atoms with E-state index >= 15 is 0 Å². The van der Waals surface area contributed by atoms with Crippen LogP contribution < -0.4 is 0 Å². The zero-order chi connectivity index (χ0) is 17.7. The second-order valence-corrected chi connectivity index (χ2v) is 7.99. The van der Waals surface area contributed by atoms with Crippen molar-refractivity contribution in [3.05, 3.63) is 29.8 Å². The molecule has 1 aromatic rings. The highest BCUT2D eigenvalue weighted by atomic mass is 32.2. The molecule has 6 nitrogen and oxygen atoms in total. The summed E-state index contributed by atoms with van der Waals surface area (Å²) >= 11 is 0. The second-order valence-electron chi connectivity index (χ2n) is 6.06. The molecular weight excluding hydrogens is 326 g/mol. The van der Waals surface area contributed by atoms with E-state index in [1.165, 1.54) is 28.6 Å². The molecule has 0 bridgehead atoms. The van der Waals surface area contributed by atoms with Gasteiger partial charge in [-0.25, -0.2) is 8.42 Å². The van der Waals surface area contributed by atoms with Crippen LogP contribution in [0.3, 0.4) is 0 Å². The molecule has 1 amide bonds. The Balaban J connectivity index is 2.02. The third-order valence-electron chi connectivity index (χ3n) is 4.31. The van der Waals surface area contributed by atoms with Gasteiger partial charge in [0.05, 0.1) is 16.5 Å². The van der Waals surface area contributed by atoms with E-state index in [0.29, 0.717) is 31.7 Å². The van der Waals surface area contributed by atoms with E-state index in [2.05, 4.69) is 0 Å². The molecule has 0 aromatic heterocycles. The Morgan fingerprint density at radius 2 is 1.79 bits per heavy atom. The number of rotatable bonds is 5. The van der Waals surface area contributed by atoms with Crippen molar-refractivity contribution in [2.75, 3.05) is 26.2 Å². The van der Waals surface area contributed by atoms with Gasteiger partial charge in [-0.15, -0.1) is 0 Å². The normalized spacial score (nSPS) is 17.3. The number of amides is 1. The zero-order valence-corrected chi connectivity index (χ0v) is 14.9. The van der Waals surface area contributed by atoms with Gasteiger partial charge >= 0.3 is 0 Å². The van der Waals surface area contributed by atoms with Crippen molar-refractivity contribution in [2.45, 2.75) is 31.6 Å². The summed E-state index contributed by atoms with van der Waals surface area (Å²) in [5, 5.41) is 8.80. The van der Waals surface area contributed by atoms with Crippen LogP contribution in [0.2, 0.25) is 0 Å². The number of nitriles is 1. The van der Waals surface area contributed by atoms with Gasteiger partial charge < -0.3 is 4.90 Å². The summed E-state index contributed by atoms with van der Waals surface area (Å²) in [7, 11) is -3.58. The second kappa shape index (κ2) is 7.77. The first-order chi connectivity index (χ1) is 11.4. The minimum atomic E-state index is -3.58. The van der Waals surface area contributed by atoms with Crippen molar-refractivity contribution >= 4 is 15.9 Å². The Morgan fingerprint density at radius 3 is 2.29 bits per heavy atom. The van der Waals surface area contributed by atoms with E-state index in [-0.39, 0.29) is 16.7 Å². The fourth-order valence-electron chi connectivity index (χ4n) is 2.87. The molecule has 0 aliphatic carbocycles. The van der Waals surface area contributed by atoms with Crippen LogP contribution in [0.1, 0.15) is 32.3 Å². The highest BCUT2D eigenvalue weighted by molar-refractivity contribution is 7.89. The van der Waals surface area contributed by atoms with Crippen molar-refractivity contribution in [1.29, 1.82) is 5.26 Å². The van der Waals surface area contributed by atoms with Crippen LogP contribution in [0.5, 0.6) is 0 Å². The number of carbonyl (C=O) groups is 1. The van der Waals surface area contributed by atoms with Gasteiger partial charge in [0.15, 0.2) is 0 Å². The van der Waals surface area contributed by atoms with Crippen LogP contribution in [0.4, 0.5) is 0 Å². The Bertz CT molecular complexity index is 714. The summed E-state index contributed by atoms with van der Waals surface area (Å²) in [6.07, 6.45) is 1.81.